The van der Waals surface area contributed by atoms with Crippen molar-refractivity contribution in [2.45, 2.75) is 6.17 Å². The average molecular weight is 153 g/mol. The molecule has 1 aromatic heterocycles. The normalized spacial score (nSPS) is 19.3. The second-order valence-corrected chi connectivity index (χ2v) is 2.58. The summed E-state index contributed by atoms with van der Waals surface area (Å²) in [5.41, 5.74) is 5.42. The van der Waals surface area contributed by atoms with Crippen LogP contribution in [0.1, 0.15) is 11.9 Å². The molecule has 0 saturated carbocycles. The molecular weight excluding hydrogens is 142 g/mol. The molecule has 0 radical (unpaired) electrons. The van der Waals surface area contributed by atoms with E-state index in [9.17, 15) is 0 Å². The van der Waals surface area contributed by atoms with Crippen LogP contribution in [0.3, 0.4) is 0 Å². The van der Waals surface area contributed by atoms with Gasteiger partial charge in [0, 0.05) is 19.2 Å². The fourth-order valence-electron chi connectivity index (χ4n) is 1.23. The number of hydrogen-bond acceptors (Lipinski definition) is 4. The van der Waals surface area contributed by atoms with Crippen molar-refractivity contribution >= 4 is 5.88 Å². The molecule has 2 heterocycles. The van der Waals surface area contributed by atoms with Crippen LogP contribution in [0, 0.1) is 0 Å². The molecule has 4 heteroatoms. The van der Waals surface area contributed by atoms with E-state index in [1.165, 1.54) is 0 Å². The highest BCUT2D eigenvalue weighted by atomic mass is 16.4. The SMILES string of the molecule is Nc1ccc(C2NCCN2)o1. The topological polar surface area (TPSA) is 63.2 Å². The zero-order valence-corrected chi connectivity index (χ0v) is 6.13. The first-order valence-electron chi connectivity index (χ1n) is 3.68. The van der Waals surface area contributed by atoms with E-state index in [1.54, 1.807) is 6.07 Å². The molecule has 1 fully saturated rings. The summed E-state index contributed by atoms with van der Waals surface area (Å²) >= 11 is 0. The molecule has 2 rings (SSSR count). The lowest BCUT2D eigenvalue weighted by atomic mass is 10.4. The van der Waals surface area contributed by atoms with Gasteiger partial charge >= 0.3 is 0 Å². The first kappa shape index (κ1) is 6.69. The summed E-state index contributed by atoms with van der Waals surface area (Å²) in [6.07, 6.45) is 0.146. The van der Waals surface area contributed by atoms with E-state index in [2.05, 4.69) is 10.6 Å². The molecule has 0 unspecified atom stereocenters. The Labute approximate surface area is 64.8 Å². The first-order valence-corrected chi connectivity index (χ1v) is 3.68. The van der Waals surface area contributed by atoms with Crippen LogP contribution in [0.15, 0.2) is 16.5 Å². The van der Waals surface area contributed by atoms with Crippen molar-refractivity contribution in [2.24, 2.45) is 0 Å². The predicted molar refractivity (Wildman–Crippen MR) is 41.9 cm³/mol. The lowest BCUT2D eigenvalue weighted by Crippen LogP contribution is -2.20. The third kappa shape index (κ3) is 1.22. The number of rotatable bonds is 1. The molecule has 1 aliphatic heterocycles. The van der Waals surface area contributed by atoms with Crippen LogP contribution in [0.4, 0.5) is 5.88 Å². The Kier molecular flexibility index (Phi) is 1.56. The third-order valence-electron chi connectivity index (χ3n) is 1.75. The van der Waals surface area contributed by atoms with Crippen LogP contribution < -0.4 is 16.4 Å². The molecule has 1 saturated heterocycles. The van der Waals surface area contributed by atoms with Crippen molar-refractivity contribution in [1.29, 1.82) is 0 Å². The second kappa shape index (κ2) is 2.56. The summed E-state index contributed by atoms with van der Waals surface area (Å²) in [6.45, 7) is 1.95. The molecule has 0 aliphatic carbocycles. The Morgan fingerprint density at radius 2 is 2.09 bits per heavy atom. The van der Waals surface area contributed by atoms with E-state index in [4.69, 9.17) is 10.2 Å². The molecule has 0 bridgehead atoms. The van der Waals surface area contributed by atoms with Gasteiger partial charge in [-0.2, -0.15) is 0 Å². The predicted octanol–water partition coefficient (Wildman–Crippen LogP) is 0.0532. The number of nitrogen functional groups attached to an aromatic ring is 1. The Bertz CT molecular complexity index is 240. The number of nitrogens with one attached hydrogen (secondary N) is 2. The van der Waals surface area contributed by atoms with Crippen molar-refractivity contribution in [1.82, 2.24) is 10.6 Å². The summed E-state index contributed by atoms with van der Waals surface area (Å²) < 4.78 is 5.22. The van der Waals surface area contributed by atoms with Gasteiger partial charge in [0.1, 0.15) is 11.9 Å². The number of furan rings is 1. The molecule has 4 N–H and O–H groups in total. The maximum atomic E-state index is 5.42. The average Bonchev–Trinajstić information content (AvgIpc) is 2.55. The van der Waals surface area contributed by atoms with E-state index in [0.717, 1.165) is 18.8 Å². The van der Waals surface area contributed by atoms with Crippen molar-refractivity contribution in [3.8, 4) is 0 Å². The highest BCUT2D eigenvalue weighted by molar-refractivity contribution is 5.26. The monoisotopic (exact) mass is 153 g/mol. The fourth-order valence-corrected chi connectivity index (χ4v) is 1.23. The summed E-state index contributed by atoms with van der Waals surface area (Å²) in [5.74, 6) is 1.33. The van der Waals surface area contributed by atoms with Gasteiger partial charge in [-0.3, -0.25) is 10.6 Å². The van der Waals surface area contributed by atoms with Gasteiger partial charge in [0.25, 0.3) is 0 Å². The van der Waals surface area contributed by atoms with E-state index in [1.807, 2.05) is 6.07 Å². The Hall–Kier alpha value is -1.00. The van der Waals surface area contributed by atoms with Crippen LogP contribution in [-0.2, 0) is 0 Å². The Balaban J connectivity index is 2.15. The molecule has 60 valence electrons. The van der Waals surface area contributed by atoms with Gasteiger partial charge < -0.3 is 10.2 Å². The van der Waals surface area contributed by atoms with Crippen LogP contribution in [0.25, 0.3) is 0 Å². The van der Waals surface area contributed by atoms with Gasteiger partial charge in [-0.25, -0.2) is 0 Å². The van der Waals surface area contributed by atoms with Crippen molar-refractivity contribution in [3.63, 3.8) is 0 Å². The van der Waals surface area contributed by atoms with E-state index >= 15 is 0 Å². The summed E-state index contributed by atoms with van der Waals surface area (Å²) in [6, 6.07) is 3.64. The highest BCUT2D eigenvalue weighted by Gasteiger charge is 2.17. The molecule has 0 atom stereocenters. The molecule has 1 aliphatic rings. The van der Waals surface area contributed by atoms with Crippen molar-refractivity contribution < 1.29 is 4.42 Å². The van der Waals surface area contributed by atoms with Crippen LogP contribution >= 0.6 is 0 Å². The zero-order valence-electron chi connectivity index (χ0n) is 6.13. The smallest absolute Gasteiger partial charge is 0.190 e. The summed E-state index contributed by atoms with van der Waals surface area (Å²) in [7, 11) is 0. The Morgan fingerprint density at radius 3 is 2.64 bits per heavy atom. The third-order valence-corrected chi connectivity index (χ3v) is 1.75. The number of nitrogens with two attached hydrogens (primary N) is 1. The number of anilines is 1. The quantitative estimate of drug-likeness (QED) is 0.533. The lowest BCUT2D eigenvalue weighted by Gasteiger charge is -2.05. The Morgan fingerprint density at radius 1 is 1.36 bits per heavy atom. The van der Waals surface area contributed by atoms with Crippen molar-refractivity contribution in [3.05, 3.63) is 17.9 Å². The lowest BCUT2D eigenvalue weighted by molar-refractivity contribution is 0.434. The zero-order chi connectivity index (χ0) is 7.68. The van der Waals surface area contributed by atoms with E-state index in [-0.39, 0.29) is 6.17 Å². The van der Waals surface area contributed by atoms with Crippen molar-refractivity contribution in [2.75, 3.05) is 18.8 Å². The van der Waals surface area contributed by atoms with E-state index < -0.39 is 0 Å². The van der Waals surface area contributed by atoms with Gasteiger partial charge in [0.2, 0.25) is 0 Å². The van der Waals surface area contributed by atoms with Crippen LogP contribution in [-0.4, -0.2) is 13.1 Å². The van der Waals surface area contributed by atoms with E-state index in [0.29, 0.717) is 5.88 Å². The summed E-state index contributed by atoms with van der Waals surface area (Å²) in [5, 5.41) is 6.45. The second-order valence-electron chi connectivity index (χ2n) is 2.58. The minimum absolute atomic E-state index is 0.146. The first-order chi connectivity index (χ1) is 5.36. The van der Waals surface area contributed by atoms with Gasteiger partial charge in [0.15, 0.2) is 5.88 Å². The maximum absolute atomic E-state index is 5.42. The molecule has 0 aromatic carbocycles. The van der Waals surface area contributed by atoms with Gasteiger partial charge in [-0.15, -0.1) is 0 Å². The maximum Gasteiger partial charge on any atom is 0.190 e. The minimum atomic E-state index is 0.146. The molecular formula is C7H11N3O. The fraction of sp³-hybridized carbons (Fsp3) is 0.429. The highest BCUT2D eigenvalue weighted by Crippen LogP contribution is 2.16. The van der Waals surface area contributed by atoms with Gasteiger partial charge in [-0.05, 0) is 6.07 Å². The number of hydrogen-bond donors (Lipinski definition) is 3. The van der Waals surface area contributed by atoms with Crippen LogP contribution in [0.5, 0.6) is 0 Å². The largest absolute Gasteiger partial charge is 0.443 e. The van der Waals surface area contributed by atoms with Gasteiger partial charge in [-0.1, -0.05) is 0 Å². The standard InChI is InChI=1S/C7H11N3O/c8-6-2-1-5(11-6)7-9-3-4-10-7/h1-2,7,9-10H,3-4,8H2. The minimum Gasteiger partial charge on any atom is -0.443 e. The molecule has 4 nitrogen and oxygen atoms in total. The molecule has 0 amide bonds. The summed E-state index contributed by atoms with van der Waals surface area (Å²) in [4.78, 5) is 0. The van der Waals surface area contributed by atoms with Crippen LogP contribution in [0.2, 0.25) is 0 Å². The molecule has 1 aromatic rings. The molecule has 0 spiro atoms. The molecule has 11 heavy (non-hydrogen) atoms. The van der Waals surface area contributed by atoms with Gasteiger partial charge in [0.05, 0.1) is 0 Å².